The largest absolute Gasteiger partial charge is 0.497 e. The molecule has 0 fully saturated rings. The molecular formula is C35H47N3O9S2. The van der Waals surface area contributed by atoms with Crippen molar-refractivity contribution >= 4 is 31.6 Å². The Morgan fingerprint density at radius 3 is 2.35 bits per heavy atom. The Labute approximate surface area is 290 Å². The van der Waals surface area contributed by atoms with Crippen LogP contribution in [0.15, 0.2) is 82.6 Å². The van der Waals surface area contributed by atoms with Gasteiger partial charge in [-0.2, -0.15) is 4.31 Å². The standard InChI is InChI=1S/C35H47N3O9S2/c1-25-22-38(26(2)24-39)35(40)32-21-28(36-48(41,42)30-17-15-29(45-5)16-18-30)14-19-33(32)47-27(3)11-9-10-20-46-34(25)23-37(4)49(43,44)31-12-7-6-8-13-31/h6-8,12-19,21,25-27,34,36,39H,9-11,20,22-24H2,1-5H3/t25-,26-,27+,34+/m0/s1. The molecule has 1 aliphatic heterocycles. The fourth-order valence-electron chi connectivity index (χ4n) is 5.54. The minimum absolute atomic E-state index is 0.0132. The lowest BCUT2D eigenvalue weighted by Crippen LogP contribution is -2.48. The van der Waals surface area contributed by atoms with Gasteiger partial charge in [-0.3, -0.25) is 9.52 Å². The Kier molecular flexibility index (Phi) is 13.1. The molecule has 0 radical (unpaired) electrons. The summed E-state index contributed by atoms with van der Waals surface area (Å²) >= 11 is 0. The van der Waals surface area contributed by atoms with Crippen LogP contribution in [0.2, 0.25) is 0 Å². The van der Waals surface area contributed by atoms with E-state index in [1.807, 2.05) is 13.8 Å². The number of fused-ring (bicyclic) bond motifs is 1. The Hall–Kier alpha value is -3.69. The zero-order chi connectivity index (χ0) is 35.8. The number of carbonyl (C=O) groups is 1. The van der Waals surface area contributed by atoms with Crippen molar-refractivity contribution in [2.24, 2.45) is 5.92 Å². The molecule has 0 bridgehead atoms. The second kappa shape index (κ2) is 16.8. The number of carbonyl (C=O) groups excluding carboxylic acids is 1. The third kappa shape index (κ3) is 9.73. The summed E-state index contributed by atoms with van der Waals surface area (Å²) in [7, 11) is -4.83. The van der Waals surface area contributed by atoms with Gasteiger partial charge in [-0.15, -0.1) is 0 Å². The average Bonchev–Trinajstić information content (AvgIpc) is 3.09. The van der Waals surface area contributed by atoms with Gasteiger partial charge >= 0.3 is 0 Å². The number of sulfonamides is 2. The molecule has 3 aromatic carbocycles. The molecule has 0 spiro atoms. The van der Waals surface area contributed by atoms with Crippen LogP contribution in [0.5, 0.6) is 11.5 Å². The number of rotatable bonds is 10. The van der Waals surface area contributed by atoms with Crippen LogP contribution < -0.4 is 14.2 Å². The number of methoxy groups -OCH3 is 1. The molecule has 1 aliphatic rings. The van der Waals surface area contributed by atoms with E-state index < -0.39 is 38.1 Å². The Bertz CT molecular complexity index is 1750. The zero-order valence-electron chi connectivity index (χ0n) is 28.6. The number of likely N-dealkylation sites (N-methyl/N-ethyl adjacent to an activating group) is 1. The topological polar surface area (TPSA) is 152 Å². The van der Waals surface area contributed by atoms with Crippen LogP contribution in [0.25, 0.3) is 0 Å². The van der Waals surface area contributed by atoms with Gasteiger partial charge in [0, 0.05) is 38.3 Å². The normalized spacial score (nSPS) is 20.5. The number of nitrogens with one attached hydrogen (secondary N) is 1. The highest BCUT2D eigenvalue weighted by molar-refractivity contribution is 7.92. The number of ether oxygens (including phenoxy) is 3. The predicted octanol–water partition coefficient (Wildman–Crippen LogP) is 4.61. The Morgan fingerprint density at radius 2 is 1.69 bits per heavy atom. The monoisotopic (exact) mass is 717 g/mol. The fourth-order valence-corrected chi connectivity index (χ4v) is 7.80. The molecule has 2 N–H and O–H groups in total. The van der Waals surface area contributed by atoms with Crippen LogP contribution in [0, 0.1) is 5.92 Å². The average molecular weight is 718 g/mol. The summed E-state index contributed by atoms with van der Waals surface area (Å²) in [6.07, 6.45) is 1.26. The summed E-state index contributed by atoms with van der Waals surface area (Å²) in [5.74, 6) is -0.0608. The number of benzene rings is 3. The Morgan fingerprint density at radius 1 is 1.00 bits per heavy atom. The summed E-state index contributed by atoms with van der Waals surface area (Å²) in [4.78, 5) is 16.1. The van der Waals surface area contributed by atoms with E-state index in [-0.39, 0.29) is 58.5 Å². The first-order valence-corrected chi connectivity index (χ1v) is 19.2. The fraction of sp³-hybridized carbons (Fsp3) is 0.457. The van der Waals surface area contributed by atoms with Crippen molar-refractivity contribution in [1.29, 1.82) is 0 Å². The van der Waals surface area contributed by atoms with Gasteiger partial charge in [0.05, 0.1) is 47.3 Å². The number of aliphatic hydroxyl groups excluding tert-OH is 1. The third-order valence-electron chi connectivity index (χ3n) is 8.56. The molecule has 0 aliphatic carbocycles. The molecule has 0 unspecified atom stereocenters. The predicted molar refractivity (Wildman–Crippen MR) is 187 cm³/mol. The molecule has 3 aromatic rings. The maximum Gasteiger partial charge on any atom is 0.261 e. The molecule has 12 nitrogen and oxygen atoms in total. The van der Waals surface area contributed by atoms with E-state index in [0.29, 0.717) is 25.2 Å². The van der Waals surface area contributed by atoms with Crippen molar-refractivity contribution in [2.75, 3.05) is 45.2 Å². The smallest absolute Gasteiger partial charge is 0.261 e. The van der Waals surface area contributed by atoms with Gasteiger partial charge in [-0.25, -0.2) is 16.8 Å². The highest BCUT2D eigenvalue weighted by Gasteiger charge is 2.32. The molecule has 1 heterocycles. The minimum Gasteiger partial charge on any atom is -0.497 e. The van der Waals surface area contributed by atoms with Crippen molar-refractivity contribution in [3.63, 3.8) is 0 Å². The SMILES string of the molecule is COc1ccc(S(=O)(=O)Nc2ccc3c(c2)C(=O)N([C@@H](C)CO)C[C@H](C)[C@@H](CN(C)S(=O)(=O)c2ccccc2)OCCCC[C@@H](C)O3)cc1. The molecule has 14 heteroatoms. The summed E-state index contributed by atoms with van der Waals surface area (Å²) in [6.45, 7) is 5.67. The first-order chi connectivity index (χ1) is 23.3. The van der Waals surface area contributed by atoms with E-state index in [1.165, 1.54) is 53.7 Å². The molecule has 0 saturated carbocycles. The van der Waals surface area contributed by atoms with Crippen molar-refractivity contribution in [2.45, 2.75) is 68.1 Å². The van der Waals surface area contributed by atoms with E-state index in [2.05, 4.69) is 4.72 Å². The van der Waals surface area contributed by atoms with Gasteiger partial charge in [0.1, 0.15) is 11.5 Å². The first-order valence-electron chi connectivity index (χ1n) is 16.3. The van der Waals surface area contributed by atoms with Crippen molar-refractivity contribution in [1.82, 2.24) is 9.21 Å². The van der Waals surface area contributed by atoms with Crippen LogP contribution in [0.4, 0.5) is 5.69 Å². The highest BCUT2D eigenvalue weighted by atomic mass is 32.2. The van der Waals surface area contributed by atoms with E-state index >= 15 is 0 Å². The number of amides is 1. The second-order valence-electron chi connectivity index (χ2n) is 12.4. The van der Waals surface area contributed by atoms with Crippen LogP contribution in [0.3, 0.4) is 0 Å². The maximum absolute atomic E-state index is 14.4. The van der Waals surface area contributed by atoms with E-state index in [1.54, 1.807) is 49.4 Å². The first kappa shape index (κ1) is 38.1. The molecule has 49 heavy (non-hydrogen) atoms. The molecular weight excluding hydrogens is 671 g/mol. The maximum atomic E-state index is 14.4. The molecule has 0 aromatic heterocycles. The molecule has 0 saturated heterocycles. The van der Waals surface area contributed by atoms with Crippen molar-refractivity contribution < 1.29 is 40.9 Å². The van der Waals surface area contributed by atoms with Crippen molar-refractivity contribution in [3.8, 4) is 11.5 Å². The molecule has 1 amide bonds. The van der Waals surface area contributed by atoms with Crippen LogP contribution in [-0.2, 0) is 24.8 Å². The summed E-state index contributed by atoms with van der Waals surface area (Å²) < 4.78 is 74.7. The summed E-state index contributed by atoms with van der Waals surface area (Å²) in [6, 6.07) is 18.0. The Balaban J connectivity index is 1.67. The molecule has 4 rings (SSSR count). The van der Waals surface area contributed by atoms with Gasteiger partial charge in [-0.05, 0) is 87.7 Å². The summed E-state index contributed by atoms with van der Waals surface area (Å²) in [5.41, 5.74) is 0.270. The lowest BCUT2D eigenvalue weighted by molar-refractivity contribution is -0.00833. The van der Waals surface area contributed by atoms with E-state index in [9.17, 15) is 26.7 Å². The van der Waals surface area contributed by atoms with Crippen LogP contribution >= 0.6 is 0 Å². The van der Waals surface area contributed by atoms with Gasteiger partial charge in [0.25, 0.3) is 15.9 Å². The number of hydrogen-bond donors (Lipinski definition) is 2. The quantitative estimate of drug-likeness (QED) is 0.306. The van der Waals surface area contributed by atoms with E-state index in [4.69, 9.17) is 14.2 Å². The molecule has 268 valence electrons. The number of nitrogens with zero attached hydrogens (tertiary/aromatic N) is 2. The van der Waals surface area contributed by atoms with Crippen LogP contribution in [-0.4, -0.2) is 95.8 Å². The second-order valence-corrected chi connectivity index (χ2v) is 16.1. The van der Waals surface area contributed by atoms with Gasteiger partial charge in [0.15, 0.2) is 0 Å². The van der Waals surface area contributed by atoms with Gasteiger partial charge in [0.2, 0.25) is 10.0 Å². The number of aliphatic hydroxyl groups is 1. The zero-order valence-corrected chi connectivity index (χ0v) is 30.2. The highest BCUT2D eigenvalue weighted by Crippen LogP contribution is 2.30. The lowest BCUT2D eigenvalue weighted by Gasteiger charge is -2.35. The third-order valence-corrected chi connectivity index (χ3v) is 11.8. The lowest BCUT2D eigenvalue weighted by atomic mass is 10.0. The molecule has 4 atom stereocenters. The number of hydrogen-bond acceptors (Lipinski definition) is 9. The number of anilines is 1. The van der Waals surface area contributed by atoms with Crippen LogP contribution in [0.1, 0.15) is 50.4 Å². The van der Waals surface area contributed by atoms with Gasteiger partial charge in [-0.1, -0.05) is 25.1 Å². The van der Waals surface area contributed by atoms with Gasteiger partial charge < -0.3 is 24.2 Å². The minimum atomic E-state index is -4.02. The van der Waals surface area contributed by atoms with E-state index in [0.717, 1.165) is 6.42 Å². The summed E-state index contributed by atoms with van der Waals surface area (Å²) in [5, 5.41) is 10.2. The van der Waals surface area contributed by atoms with Crippen molar-refractivity contribution in [3.05, 3.63) is 78.4 Å².